The Morgan fingerprint density at radius 2 is 2.26 bits per heavy atom. The summed E-state index contributed by atoms with van der Waals surface area (Å²) in [5.74, 6) is -0.0476. The zero-order chi connectivity index (χ0) is 13.8. The van der Waals surface area contributed by atoms with Gasteiger partial charge < -0.3 is 16.0 Å². The van der Waals surface area contributed by atoms with Crippen LogP contribution in [0.5, 0.6) is 0 Å². The molecule has 102 valence electrons. The van der Waals surface area contributed by atoms with E-state index in [1.807, 2.05) is 19.1 Å². The van der Waals surface area contributed by atoms with Gasteiger partial charge in [-0.25, -0.2) is 0 Å². The van der Waals surface area contributed by atoms with Crippen LogP contribution in [0.3, 0.4) is 0 Å². The van der Waals surface area contributed by atoms with Gasteiger partial charge in [-0.2, -0.15) is 0 Å². The van der Waals surface area contributed by atoms with Gasteiger partial charge in [-0.1, -0.05) is 0 Å². The lowest BCUT2D eigenvalue weighted by Crippen LogP contribution is -2.26. The number of hydrogen-bond donors (Lipinski definition) is 3. The molecule has 0 aromatic heterocycles. The molecule has 0 spiro atoms. The standard InChI is InChI=1S/C13H17N3O2S/c1-8-13(18)16-10-7-9(3-4-11(10)19-8)15-12(17)5-6-14-2/h3-4,7-8,14H,5-6H2,1-2H3,(H,15,17)(H,16,18). The maximum absolute atomic E-state index is 11.6. The molecule has 0 saturated carbocycles. The molecule has 1 aromatic carbocycles. The van der Waals surface area contributed by atoms with Gasteiger partial charge in [0.05, 0.1) is 10.9 Å². The zero-order valence-electron chi connectivity index (χ0n) is 10.9. The minimum absolute atomic E-state index is 0.00356. The molecule has 6 heteroatoms. The fraction of sp³-hybridized carbons (Fsp3) is 0.385. The number of thioether (sulfide) groups is 1. The predicted octanol–water partition coefficient (Wildman–Crippen LogP) is 1.67. The zero-order valence-corrected chi connectivity index (χ0v) is 11.8. The van der Waals surface area contributed by atoms with Crippen LogP contribution < -0.4 is 16.0 Å². The van der Waals surface area contributed by atoms with Crippen LogP contribution in [0.25, 0.3) is 0 Å². The first kappa shape index (κ1) is 13.9. The number of benzene rings is 1. The number of anilines is 2. The van der Waals surface area contributed by atoms with Crippen LogP contribution in [-0.4, -0.2) is 30.7 Å². The minimum Gasteiger partial charge on any atom is -0.326 e. The molecule has 1 aliphatic rings. The molecule has 2 amide bonds. The number of hydrogen-bond acceptors (Lipinski definition) is 4. The average molecular weight is 279 g/mol. The van der Waals surface area contributed by atoms with E-state index in [0.29, 0.717) is 18.7 Å². The van der Waals surface area contributed by atoms with E-state index in [2.05, 4.69) is 16.0 Å². The Morgan fingerprint density at radius 3 is 3.00 bits per heavy atom. The molecule has 1 aromatic rings. The van der Waals surface area contributed by atoms with Gasteiger partial charge in [-0.3, -0.25) is 9.59 Å². The van der Waals surface area contributed by atoms with Crippen molar-refractivity contribution in [2.45, 2.75) is 23.5 Å². The van der Waals surface area contributed by atoms with Gasteiger partial charge in [0.2, 0.25) is 11.8 Å². The smallest absolute Gasteiger partial charge is 0.237 e. The summed E-state index contributed by atoms with van der Waals surface area (Å²) in [5.41, 5.74) is 1.47. The molecule has 0 bridgehead atoms. The Morgan fingerprint density at radius 1 is 1.47 bits per heavy atom. The lowest BCUT2D eigenvalue weighted by atomic mass is 10.2. The van der Waals surface area contributed by atoms with Crippen molar-refractivity contribution in [1.29, 1.82) is 0 Å². The van der Waals surface area contributed by atoms with E-state index in [1.54, 1.807) is 13.1 Å². The highest BCUT2D eigenvalue weighted by atomic mass is 32.2. The van der Waals surface area contributed by atoms with E-state index < -0.39 is 0 Å². The maximum atomic E-state index is 11.6. The minimum atomic E-state index is -0.0800. The van der Waals surface area contributed by atoms with Gasteiger partial charge in [-0.05, 0) is 32.2 Å². The molecule has 2 rings (SSSR count). The number of carbonyl (C=O) groups excluding carboxylic acids is 2. The van der Waals surface area contributed by atoms with Gasteiger partial charge >= 0.3 is 0 Å². The van der Waals surface area contributed by atoms with Crippen LogP contribution in [-0.2, 0) is 9.59 Å². The lowest BCUT2D eigenvalue weighted by Gasteiger charge is -2.21. The van der Waals surface area contributed by atoms with E-state index in [-0.39, 0.29) is 17.1 Å². The summed E-state index contributed by atoms with van der Waals surface area (Å²) in [7, 11) is 1.81. The van der Waals surface area contributed by atoms with Crippen molar-refractivity contribution >= 4 is 35.0 Å². The van der Waals surface area contributed by atoms with Gasteiger partial charge in [-0.15, -0.1) is 11.8 Å². The highest BCUT2D eigenvalue weighted by molar-refractivity contribution is 8.00. The van der Waals surface area contributed by atoms with Gasteiger partial charge in [0, 0.05) is 23.5 Å². The largest absolute Gasteiger partial charge is 0.326 e. The lowest BCUT2D eigenvalue weighted by molar-refractivity contribution is -0.116. The Balaban J connectivity index is 2.07. The van der Waals surface area contributed by atoms with Crippen molar-refractivity contribution in [3.8, 4) is 0 Å². The van der Waals surface area contributed by atoms with Crippen LogP contribution in [0.2, 0.25) is 0 Å². The van der Waals surface area contributed by atoms with E-state index in [9.17, 15) is 9.59 Å². The molecule has 0 radical (unpaired) electrons. The fourth-order valence-corrected chi connectivity index (χ4v) is 2.68. The Bertz CT molecular complexity index is 505. The van der Waals surface area contributed by atoms with Crippen molar-refractivity contribution in [2.24, 2.45) is 0 Å². The number of fused-ring (bicyclic) bond motifs is 1. The molecule has 1 atom stereocenters. The molecule has 1 aliphatic heterocycles. The van der Waals surface area contributed by atoms with Gasteiger partial charge in [0.1, 0.15) is 0 Å². The third-order valence-electron chi connectivity index (χ3n) is 2.80. The van der Waals surface area contributed by atoms with Crippen LogP contribution in [0, 0.1) is 0 Å². The van der Waals surface area contributed by atoms with E-state index >= 15 is 0 Å². The third kappa shape index (κ3) is 3.48. The predicted molar refractivity (Wildman–Crippen MR) is 77.6 cm³/mol. The molecule has 1 heterocycles. The fourth-order valence-electron chi connectivity index (χ4n) is 1.75. The molecule has 19 heavy (non-hydrogen) atoms. The first-order chi connectivity index (χ1) is 9.10. The summed E-state index contributed by atoms with van der Waals surface area (Å²) in [5, 5.41) is 8.50. The van der Waals surface area contributed by atoms with Crippen LogP contribution in [0.1, 0.15) is 13.3 Å². The number of amides is 2. The van der Waals surface area contributed by atoms with Crippen LogP contribution in [0.15, 0.2) is 23.1 Å². The topological polar surface area (TPSA) is 70.2 Å². The summed E-state index contributed by atoms with van der Waals surface area (Å²) >= 11 is 1.53. The van der Waals surface area contributed by atoms with Gasteiger partial charge in [0.25, 0.3) is 0 Å². The Hall–Kier alpha value is -1.53. The van der Waals surface area contributed by atoms with Crippen molar-refractivity contribution in [3.63, 3.8) is 0 Å². The average Bonchev–Trinajstić information content (AvgIpc) is 2.38. The van der Waals surface area contributed by atoms with Crippen molar-refractivity contribution in [1.82, 2.24) is 5.32 Å². The molecule has 1 unspecified atom stereocenters. The number of carbonyl (C=O) groups is 2. The molecular formula is C13H17N3O2S. The molecule has 0 aliphatic carbocycles. The van der Waals surface area contributed by atoms with E-state index in [0.717, 1.165) is 10.6 Å². The quantitative estimate of drug-likeness (QED) is 0.784. The molecule has 0 saturated heterocycles. The highest BCUT2D eigenvalue weighted by Crippen LogP contribution is 2.36. The van der Waals surface area contributed by atoms with Crippen LogP contribution in [0.4, 0.5) is 11.4 Å². The normalized spacial score (nSPS) is 17.6. The third-order valence-corrected chi connectivity index (χ3v) is 3.97. The summed E-state index contributed by atoms with van der Waals surface area (Å²) in [6.07, 6.45) is 0.422. The summed E-state index contributed by atoms with van der Waals surface area (Å²) in [6, 6.07) is 5.57. The molecule has 0 fully saturated rings. The first-order valence-electron chi connectivity index (χ1n) is 6.16. The first-order valence-corrected chi connectivity index (χ1v) is 7.04. The maximum Gasteiger partial charge on any atom is 0.237 e. The summed E-state index contributed by atoms with van der Waals surface area (Å²) in [4.78, 5) is 24.2. The van der Waals surface area contributed by atoms with Crippen molar-refractivity contribution in [3.05, 3.63) is 18.2 Å². The SMILES string of the molecule is CNCCC(=O)Nc1ccc2c(c1)NC(=O)C(C)S2. The Kier molecular flexibility index (Phi) is 4.44. The van der Waals surface area contributed by atoms with Crippen LogP contribution >= 0.6 is 11.8 Å². The summed E-state index contributed by atoms with van der Waals surface area (Å²) in [6.45, 7) is 2.51. The number of rotatable bonds is 4. The molecular weight excluding hydrogens is 262 g/mol. The second-order valence-electron chi connectivity index (χ2n) is 4.36. The van der Waals surface area contributed by atoms with E-state index in [4.69, 9.17) is 0 Å². The molecule has 5 nitrogen and oxygen atoms in total. The Labute approximate surface area is 116 Å². The van der Waals surface area contributed by atoms with Gasteiger partial charge in [0.15, 0.2) is 0 Å². The monoisotopic (exact) mass is 279 g/mol. The molecule has 3 N–H and O–H groups in total. The second kappa shape index (κ2) is 6.08. The highest BCUT2D eigenvalue weighted by Gasteiger charge is 2.23. The summed E-state index contributed by atoms with van der Waals surface area (Å²) < 4.78 is 0. The van der Waals surface area contributed by atoms with E-state index in [1.165, 1.54) is 11.8 Å². The second-order valence-corrected chi connectivity index (χ2v) is 5.74. The van der Waals surface area contributed by atoms with Crippen molar-refractivity contribution in [2.75, 3.05) is 24.2 Å². The van der Waals surface area contributed by atoms with Crippen molar-refractivity contribution < 1.29 is 9.59 Å². The number of nitrogens with one attached hydrogen (secondary N) is 3.